The number of para-hydroxylation sites is 1. The number of halogens is 2. The molecule has 0 N–H and O–H groups in total. The maximum absolute atomic E-state index is 15.2. The van der Waals surface area contributed by atoms with Crippen molar-refractivity contribution in [1.29, 1.82) is 0 Å². The molecule has 1 fully saturated rings. The predicted molar refractivity (Wildman–Crippen MR) is 173 cm³/mol. The number of benzene rings is 5. The van der Waals surface area contributed by atoms with Gasteiger partial charge in [0.05, 0.1) is 6.04 Å². The van der Waals surface area contributed by atoms with Crippen LogP contribution in [0.1, 0.15) is 64.5 Å². The number of anilines is 1. The van der Waals surface area contributed by atoms with Crippen molar-refractivity contribution in [3.05, 3.63) is 171 Å². The number of Topliss-reactive ketones (excluding diaryl/α,β-unsaturated/α-hetero) is 4. The highest BCUT2D eigenvalue weighted by molar-refractivity contribution is 6.39. The molecule has 1 aliphatic heterocycles. The minimum absolute atomic E-state index is 0.254. The van der Waals surface area contributed by atoms with Gasteiger partial charge in [-0.1, -0.05) is 114 Å². The van der Waals surface area contributed by atoms with E-state index in [1.165, 1.54) is 0 Å². The summed E-state index contributed by atoms with van der Waals surface area (Å²) in [6.07, 6.45) is 0. The van der Waals surface area contributed by atoms with Crippen molar-refractivity contribution in [2.75, 3.05) is 4.90 Å². The van der Waals surface area contributed by atoms with Crippen molar-refractivity contribution in [2.24, 2.45) is 5.41 Å². The van der Waals surface area contributed by atoms with Gasteiger partial charge < -0.3 is 4.90 Å². The monoisotopic (exact) mass is 627 g/mol. The van der Waals surface area contributed by atoms with Gasteiger partial charge in [-0.3, -0.25) is 19.2 Å². The van der Waals surface area contributed by atoms with Crippen molar-refractivity contribution < 1.29 is 19.2 Å². The second-order valence-corrected chi connectivity index (χ2v) is 12.6. The molecule has 5 aromatic rings. The fourth-order valence-electron chi connectivity index (χ4n) is 8.00. The van der Waals surface area contributed by atoms with Crippen LogP contribution in [-0.4, -0.2) is 28.7 Å². The molecule has 0 unspecified atom stereocenters. The summed E-state index contributed by atoms with van der Waals surface area (Å²) in [5, 5.41) is 0.905. The van der Waals surface area contributed by atoms with Gasteiger partial charge in [0.2, 0.25) is 0 Å². The molecule has 218 valence electrons. The third-order valence-corrected chi connectivity index (χ3v) is 10.1. The minimum Gasteiger partial charge on any atom is -0.343 e. The van der Waals surface area contributed by atoms with Crippen molar-refractivity contribution >= 4 is 52.0 Å². The van der Waals surface area contributed by atoms with Crippen molar-refractivity contribution in [3.63, 3.8) is 0 Å². The van der Waals surface area contributed by atoms with Crippen LogP contribution in [-0.2, 0) is 0 Å². The number of hydrogen-bond donors (Lipinski definition) is 0. The van der Waals surface area contributed by atoms with E-state index in [4.69, 9.17) is 23.2 Å². The van der Waals surface area contributed by atoms with Gasteiger partial charge in [0.15, 0.2) is 28.7 Å². The fraction of sp³-hybridized carbons (Fsp3) is 0.105. The molecule has 0 bridgehead atoms. The van der Waals surface area contributed by atoms with Gasteiger partial charge in [-0.15, -0.1) is 0 Å². The maximum Gasteiger partial charge on any atom is 0.197 e. The molecule has 5 aromatic carbocycles. The molecular formula is C38H23Cl2NO4. The first-order valence-electron chi connectivity index (χ1n) is 14.6. The molecule has 2 atom stereocenters. The van der Waals surface area contributed by atoms with E-state index >= 15 is 19.2 Å². The molecule has 3 aliphatic rings. The molecule has 2 spiro atoms. The Morgan fingerprint density at radius 2 is 0.867 bits per heavy atom. The van der Waals surface area contributed by atoms with Gasteiger partial charge in [-0.2, -0.15) is 0 Å². The molecule has 45 heavy (non-hydrogen) atoms. The quantitative estimate of drug-likeness (QED) is 0.188. The van der Waals surface area contributed by atoms with E-state index in [-0.39, 0.29) is 22.3 Å². The summed E-state index contributed by atoms with van der Waals surface area (Å²) in [6, 6.07) is 35.2. The molecule has 1 heterocycles. The Balaban J connectivity index is 1.58. The highest BCUT2D eigenvalue weighted by Crippen LogP contribution is 2.69. The Hall–Kier alpha value is -4.84. The van der Waals surface area contributed by atoms with Crippen LogP contribution in [0.15, 0.2) is 127 Å². The lowest BCUT2D eigenvalue weighted by Crippen LogP contribution is -2.57. The first-order chi connectivity index (χ1) is 21.8. The minimum atomic E-state index is -1.99. The zero-order valence-corrected chi connectivity index (χ0v) is 25.1. The second kappa shape index (κ2) is 9.83. The Morgan fingerprint density at radius 1 is 0.467 bits per heavy atom. The first-order valence-corrected chi connectivity index (χ1v) is 15.3. The number of nitrogens with zero attached hydrogens (tertiary/aromatic N) is 1. The van der Waals surface area contributed by atoms with E-state index in [9.17, 15) is 0 Å². The Kier molecular flexibility index (Phi) is 6.05. The highest BCUT2D eigenvalue weighted by atomic mass is 35.5. The first kappa shape index (κ1) is 27.7. The topological polar surface area (TPSA) is 71.5 Å². The normalized spacial score (nSPS) is 20.7. The number of fused-ring (bicyclic) bond motifs is 2. The second-order valence-electron chi connectivity index (χ2n) is 11.7. The van der Waals surface area contributed by atoms with Crippen molar-refractivity contribution in [2.45, 2.75) is 17.5 Å². The molecule has 8 rings (SSSR count). The van der Waals surface area contributed by atoms with Crippen LogP contribution in [0.4, 0.5) is 5.69 Å². The number of carbonyl (C=O) groups is 4. The van der Waals surface area contributed by atoms with Crippen LogP contribution in [0.5, 0.6) is 0 Å². The van der Waals surface area contributed by atoms with E-state index in [1.807, 2.05) is 30.3 Å². The van der Waals surface area contributed by atoms with Crippen LogP contribution in [0.25, 0.3) is 0 Å². The fourth-order valence-corrected chi connectivity index (χ4v) is 8.26. The lowest BCUT2D eigenvalue weighted by molar-refractivity contribution is 0.0620. The number of carbonyl (C=O) groups excluding carboxylic acids is 4. The third-order valence-electron chi connectivity index (χ3n) is 9.64. The van der Waals surface area contributed by atoms with Gasteiger partial charge in [0, 0.05) is 43.9 Å². The third kappa shape index (κ3) is 3.45. The van der Waals surface area contributed by atoms with Crippen LogP contribution in [0, 0.1) is 5.41 Å². The van der Waals surface area contributed by atoms with E-state index in [0.717, 1.165) is 0 Å². The molecule has 1 saturated heterocycles. The van der Waals surface area contributed by atoms with Crippen molar-refractivity contribution in [1.82, 2.24) is 0 Å². The average molecular weight is 629 g/mol. The van der Waals surface area contributed by atoms with Gasteiger partial charge in [0.1, 0.15) is 5.41 Å². The number of rotatable bonds is 3. The number of ketones is 4. The molecule has 5 nitrogen and oxygen atoms in total. The largest absolute Gasteiger partial charge is 0.343 e. The van der Waals surface area contributed by atoms with Crippen LogP contribution in [0.2, 0.25) is 10.0 Å². The van der Waals surface area contributed by atoms with Crippen LogP contribution >= 0.6 is 23.2 Å². The van der Waals surface area contributed by atoms with E-state index < -0.39 is 46.0 Å². The lowest BCUT2D eigenvalue weighted by atomic mass is 9.60. The Morgan fingerprint density at radius 3 is 1.33 bits per heavy atom. The smallest absolute Gasteiger partial charge is 0.197 e. The SMILES string of the molecule is O=C1c2ccccc2C(=O)C12[C@H](c1ccc(Cl)cc1)N(c1ccccc1)C1(C(=O)c3ccccc3C1=O)[C@@H]2c1ccc(Cl)cc1. The molecule has 7 heteroatoms. The number of hydrogen-bond acceptors (Lipinski definition) is 5. The van der Waals surface area contributed by atoms with Gasteiger partial charge in [-0.25, -0.2) is 0 Å². The highest BCUT2D eigenvalue weighted by Gasteiger charge is 2.80. The van der Waals surface area contributed by atoms with Crippen molar-refractivity contribution in [3.8, 4) is 0 Å². The van der Waals surface area contributed by atoms with Gasteiger partial charge >= 0.3 is 0 Å². The summed E-state index contributed by atoms with van der Waals surface area (Å²) >= 11 is 12.7. The summed E-state index contributed by atoms with van der Waals surface area (Å²) in [5.74, 6) is -3.00. The van der Waals surface area contributed by atoms with Crippen LogP contribution in [0.3, 0.4) is 0 Å². The van der Waals surface area contributed by atoms with E-state index in [0.29, 0.717) is 26.9 Å². The zero-order chi connectivity index (χ0) is 31.1. The summed E-state index contributed by atoms with van der Waals surface area (Å²) in [4.78, 5) is 62.6. The Bertz CT molecular complexity index is 2000. The lowest BCUT2D eigenvalue weighted by Gasteiger charge is -2.40. The average Bonchev–Trinajstić information content (AvgIpc) is 3.57. The Labute approximate surface area is 269 Å². The summed E-state index contributed by atoms with van der Waals surface area (Å²) in [5.41, 5.74) is -1.27. The van der Waals surface area contributed by atoms with Crippen LogP contribution < -0.4 is 4.90 Å². The molecular weight excluding hydrogens is 605 g/mol. The zero-order valence-electron chi connectivity index (χ0n) is 23.6. The van der Waals surface area contributed by atoms with E-state index in [1.54, 1.807) is 102 Å². The molecule has 2 aliphatic carbocycles. The molecule has 0 aromatic heterocycles. The van der Waals surface area contributed by atoms with Gasteiger partial charge in [-0.05, 0) is 47.5 Å². The summed E-state index contributed by atoms with van der Waals surface area (Å²) < 4.78 is 0. The molecule has 0 amide bonds. The standard InChI is InChI=1S/C38H23Cl2NO4/c39-24-18-14-22(15-19-24)31-37(33(42)27-10-4-5-11-28(27)34(37)43)32(23-16-20-25(40)21-17-23)41(26-8-2-1-3-9-26)38(31)35(44)29-12-6-7-13-30(29)36(38)45/h1-21,31-32H/t31-,32+/m1/s1. The van der Waals surface area contributed by atoms with Gasteiger partial charge in [0.25, 0.3) is 0 Å². The summed E-state index contributed by atoms with van der Waals surface area (Å²) in [7, 11) is 0. The molecule has 0 radical (unpaired) electrons. The molecule has 0 saturated carbocycles. The predicted octanol–water partition coefficient (Wildman–Crippen LogP) is 8.22. The summed E-state index contributed by atoms with van der Waals surface area (Å²) in [6.45, 7) is 0. The van der Waals surface area contributed by atoms with E-state index in [2.05, 4.69) is 0 Å². The maximum atomic E-state index is 15.2.